The van der Waals surface area contributed by atoms with Crippen molar-refractivity contribution in [2.24, 2.45) is 5.92 Å². The van der Waals surface area contributed by atoms with Crippen molar-refractivity contribution >= 4 is 11.3 Å². The van der Waals surface area contributed by atoms with Crippen LogP contribution in [0.2, 0.25) is 0 Å². The lowest BCUT2D eigenvalue weighted by Crippen LogP contribution is -2.14. The maximum Gasteiger partial charge on any atom is 0.0959 e. The van der Waals surface area contributed by atoms with Gasteiger partial charge in [-0.25, -0.2) is 4.98 Å². The third-order valence-electron chi connectivity index (χ3n) is 2.93. The van der Waals surface area contributed by atoms with E-state index in [1.165, 1.54) is 35.6 Å². The second-order valence-corrected chi connectivity index (χ2v) is 6.30. The van der Waals surface area contributed by atoms with Gasteiger partial charge in [0.2, 0.25) is 0 Å². The molecule has 1 fully saturated rings. The Kier molecular flexibility index (Phi) is 4.36. The van der Waals surface area contributed by atoms with E-state index < -0.39 is 0 Å². The van der Waals surface area contributed by atoms with Gasteiger partial charge in [-0.05, 0) is 38.1 Å². The van der Waals surface area contributed by atoms with Crippen molar-refractivity contribution in [3.05, 3.63) is 16.1 Å². The lowest BCUT2D eigenvalue weighted by atomic mass is 10.1. The number of thiazole rings is 1. The van der Waals surface area contributed by atoms with Gasteiger partial charge in [0, 0.05) is 23.5 Å². The van der Waals surface area contributed by atoms with E-state index in [9.17, 15) is 0 Å². The molecule has 0 saturated heterocycles. The average Bonchev–Trinajstić information content (AvgIpc) is 2.99. The fourth-order valence-electron chi connectivity index (χ4n) is 1.77. The first-order valence-corrected chi connectivity index (χ1v) is 7.22. The minimum absolute atomic E-state index is 0.805. The lowest BCUT2D eigenvalue weighted by Gasteiger charge is -2.04. The lowest BCUT2D eigenvalue weighted by molar-refractivity contribution is 0.528. The van der Waals surface area contributed by atoms with Gasteiger partial charge < -0.3 is 5.32 Å². The number of hydrogen-bond acceptors (Lipinski definition) is 3. The maximum absolute atomic E-state index is 4.48. The largest absolute Gasteiger partial charge is 0.312 e. The van der Waals surface area contributed by atoms with Gasteiger partial charge in [-0.15, -0.1) is 11.3 Å². The molecule has 1 heterocycles. The molecule has 16 heavy (non-hydrogen) atoms. The molecule has 1 N–H and O–H groups in total. The van der Waals surface area contributed by atoms with Crippen molar-refractivity contribution < 1.29 is 0 Å². The zero-order valence-electron chi connectivity index (χ0n) is 10.3. The molecule has 0 radical (unpaired) electrons. The molecular formula is C13H22N2S. The minimum Gasteiger partial charge on any atom is -0.312 e. The monoisotopic (exact) mass is 238 g/mol. The van der Waals surface area contributed by atoms with Crippen molar-refractivity contribution in [3.63, 3.8) is 0 Å². The number of nitrogens with one attached hydrogen (secondary N) is 1. The average molecular weight is 238 g/mol. The molecule has 2 rings (SSSR count). The van der Waals surface area contributed by atoms with Crippen molar-refractivity contribution in [2.75, 3.05) is 6.54 Å². The molecule has 0 spiro atoms. The molecule has 0 unspecified atom stereocenters. The highest BCUT2D eigenvalue weighted by atomic mass is 32.1. The highest BCUT2D eigenvalue weighted by Gasteiger charge is 2.26. The van der Waals surface area contributed by atoms with Crippen LogP contribution >= 0.6 is 11.3 Å². The van der Waals surface area contributed by atoms with E-state index >= 15 is 0 Å². The fourth-order valence-corrected chi connectivity index (χ4v) is 2.83. The third kappa shape index (κ3) is 3.87. The molecule has 0 bridgehead atoms. The summed E-state index contributed by atoms with van der Waals surface area (Å²) < 4.78 is 0. The predicted molar refractivity (Wildman–Crippen MR) is 69.9 cm³/mol. The van der Waals surface area contributed by atoms with Crippen LogP contribution in [0.15, 0.2) is 6.20 Å². The Balaban J connectivity index is 1.61. The van der Waals surface area contributed by atoms with Gasteiger partial charge in [0.05, 0.1) is 5.01 Å². The number of aromatic nitrogens is 1. The summed E-state index contributed by atoms with van der Waals surface area (Å²) in [6, 6.07) is 0. The summed E-state index contributed by atoms with van der Waals surface area (Å²) in [5, 5.41) is 4.86. The Hall–Kier alpha value is -0.410. The maximum atomic E-state index is 4.48. The number of rotatable bonds is 7. The smallest absolute Gasteiger partial charge is 0.0959 e. The van der Waals surface area contributed by atoms with Gasteiger partial charge in [-0.1, -0.05) is 13.8 Å². The summed E-state index contributed by atoms with van der Waals surface area (Å²) >= 11 is 1.89. The Bertz CT molecular complexity index is 315. The molecule has 0 amide bonds. The molecule has 90 valence electrons. The Morgan fingerprint density at radius 1 is 1.50 bits per heavy atom. The van der Waals surface area contributed by atoms with Crippen LogP contribution in [-0.4, -0.2) is 11.5 Å². The van der Waals surface area contributed by atoms with E-state index in [1.807, 2.05) is 17.5 Å². The molecule has 3 heteroatoms. The van der Waals surface area contributed by atoms with E-state index in [1.54, 1.807) is 0 Å². The molecule has 0 atom stereocenters. The van der Waals surface area contributed by atoms with E-state index in [0.717, 1.165) is 24.9 Å². The highest BCUT2D eigenvalue weighted by Crippen LogP contribution is 2.41. The van der Waals surface area contributed by atoms with E-state index in [4.69, 9.17) is 0 Å². The predicted octanol–water partition coefficient (Wildman–Crippen LogP) is 3.55. The van der Waals surface area contributed by atoms with Gasteiger partial charge in [0.1, 0.15) is 0 Å². The second-order valence-electron chi connectivity index (χ2n) is 5.15. The van der Waals surface area contributed by atoms with Crippen molar-refractivity contribution in [3.8, 4) is 0 Å². The topological polar surface area (TPSA) is 24.9 Å². The van der Waals surface area contributed by atoms with Crippen LogP contribution in [-0.2, 0) is 6.54 Å². The van der Waals surface area contributed by atoms with Gasteiger partial charge in [0.25, 0.3) is 0 Å². The number of hydrogen-bond donors (Lipinski definition) is 1. The summed E-state index contributed by atoms with van der Waals surface area (Å²) in [5.41, 5.74) is 0. The van der Waals surface area contributed by atoms with Crippen LogP contribution in [0.3, 0.4) is 0 Å². The number of nitrogens with zero attached hydrogens (tertiary/aromatic N) is 1. The van der Waals surface area contributed by atoms with Gasteiger partial charge >= 0.3 is 0 Å². The van der Waals surface area contributed by atoms with Gasteiger partial charge in [-0.2, -0.15) is 0 Å². The quantitative estimate of drug-likeness (QED) is 0.735. The van der Waals surface area contributed by atoms with Crippen LogP contribution < -0.4 is 5.32 Å². The van der Waals surface area contributed by atoms with Crippen LogP contribution in [0.25, 0.3) is 0 Å². The second kappa shape index (κ2) is 5.78. The highest BCUT2D eigenvalue weighted by molar-refractivity contribution is 7.11. The Morgan fingerprint density at radius 2 is 2.31 bits per heavy atom. The summed E-state index contributed by atoms with van der Waals surface area (Å²) in [5.74, 6) is 1.63. The van der Waals surface area contributed by atoms with Crippen LogP contribution in [0, 0.1) is 5.92 Å². The van der Waals surface area contributed by atoms with Crippen LogP contribution in [0.5, 0.6) is 0 Å². The standard InChI is InChI=1S/C13H22N2S/c1-10(2)4-3-7-14-8-12-9-15-13(16-12)11-5-6-11/h9-11,14H,3-8H2,1-2H3. The zero-order valence-corrected chi connectivity index (χ0v) is 11.1. The first-order valence-electron chi connectivity index (χ1n) is 6.41. The molecule has 1 aliphatic rings. The van der Waals surface area contributed by atoms with Crippen LogP contribution in [0.4, 0.5) is 0 Å². The molecule has 0 aromatic carbocycles. The Morgan fingerprint density at radius 3 is 3.00 bits per heavy atom. The zero-order chi connectivity index (χ0) is 11.4. The summed E-state index contributed by atoms with van der Waals surface area (Å²) in [4.78, 5) is 5.88. The summed E-state index contributed by atoms with van der Waals surface area (Å²) in [6.07, 6.45) is 7.37. The van der Waals surface area contributed by atoms with Crippen molar-refractivity contribution in [1.82, 2.24) is 10.3 Å². The molecule has 1 saturated carbocycles. The molecule has 1 aromatic rings. The molecule has 2 nitrogen and oxygen atoms in total. The van der Waals surface area contributed by atoms with Crippen molar-refractivity contribution in [2.45, 2.75) is 52.0 Å². The molecule has 0 aliphatic heterocycles. The molecule has 1 aromatic heterocycles. The van der Waals surface area contributed by atoms with E-state index in [2.05, 4.69) is 24.1 Å². The van der Waals surface area contributed by atoms with E-state index in [0.29, 0.717) is 0 Å². The fraction of sp³-hybridized carbons (Fsp3) is 0.769. The molecular weight excluding hydrogens is 216 g/mol. The Labute approximate surface area is 102 Å². The van der Waals surface area contributed by atoms with Crippen LogP contribution in [0.1, 0.15) is 55.3 Å². The van der Waals surface area contributed by atoms with Gasteiger partial charge in [-0.3, -0.25) is 0 Å². The first-order chi connectivity index (χ1) is 7.75. The van der Waals surface area contributed by atoms with Crippen molar-refractivity contribution in [1.29, 1.82) is 0 Å². The summed E-state index contributed by atoms with van der Waals surface area (Å²) in [7, 11) is 0. The third-order valence-corrected chi connectivity index (χ3v) is 4.09. The SMILES string of the molecule is CC(C)CCCNCc1cnc(C2CC2)s1. The molecule has 1 aliphatic carbocycles. The van der Waals surface area contributed by atoms with E-state index in [-0.39, 0.29) is 0 Å². The normalized spacial score (nSPS) is 15.9. The minimum atomic E-state index is 0.805. The van der Waals surface area contributed by atoms with Gasteiger partial charge in [0.15, 0.2) is 0 Å². The summed E-state index contributed by atoms with van der Waals surface area (Å²) in [6.45, 7) is 6.70. The first kappa shape index (κ1) is 12.1.